The van der Waals surface area contributed by atoms with Gasteiger partial charge in [0.25, 0.3) is 0 Å². The molecule has 1 N–H and O–H groups in total. The molecule has 1 aromatic heterocycles. The minimum atomic E-state index is 0.00377. The maximum absolute atomic E-state index is 12.4. The molecule has 116 valence electrons. The summed E-state index contributed by atoms with van der Waals surface area (Å²) >= 11 is 1.78. The first-order valence-corrected chi connectivity index (χ1v) is 8.29. The normalized spacial score (nSPS) is 13.8. The second kappa shape index (κ2) is 6.94. The Morgan fingerprint density at radius 1 is 1.32 bits per heavy atom. The molecule has 0 aliphatic carbocycles. The highest BCUT2D eigenvalue weighted by molar-refractivity contribution is 7.10. The summed E-state index contributed by atoms with van der Waals surface area (Å²) in [5.41, 5.74) is 3.50. The maximum Gasteiger partial charge on any atom is 0.317 e. The van der Waals surface area contributed by atoms with Crippen molar-refractivity contribution in [2.24, 2.45) is 0 Å². The molecular formula is C17H20N2O2S. The summed E-state index contributed by atoms with van der Waals surface area (Å²) in [6.45, 7) is 2.60. The number of nitrogens with zero attached hydrogens (tertiary/aromatic N) is 1. The molecule has 1 aromatic carbocycles. The predicted molar refractivity (Wildman–Crippen MR) is 87.8 cm³/mol. The zero-order valence-electron chi connectivity index (χ0n) is 12.7. The Morgan fingerprint density at radius 2 is 2.14 bits per heavy atom. The second-order valence-corrected chi connectivity index (χ2v) is 6.40. The molecule has 0 fully saturated rings. The second-order valence-electron chi connectivity index (χ2n) is 5.40. The fourth-order valence-electron chi connectivity index (χ4n) is 2.73. The van der Waals surface area contributed by atoms with Crippen molar-refractivity contribution in [1.29, 1.82) is 0 Å². The van der Waals surface area contributed by atoms with Crippen LogP contribution in [0, 0.1) is 0 Å². The number of benzene rings is 1. The van der Waals surface area contributed by atoms with E-state index in [0.29, 0.717) is 19.7 Å². The standard InChI is InChI=1S/C17H20N2O2S/c1-21-12-15-5-3-2-4-13(15)10-18-17(20)19-8-6-16-14(11-19)7-9-22-16/h2-5,7,9H,6,8,10-12H2,1H3,(H,18,20). The highest BCUT2D eigenvalue weighted by Crippen LogP contribution is 2.23. The Morgan fingerprint density at radius 3 is 2.95 bits per heavy atom. The van der Waals surface area contributed by atoms with Crippen LogP contribution in [0.25, 0.3) is 0 Å². The molecule has 4 nitrogen and oxygen atoms in total. The van der Waals surface area contributed by atoms with Crippen LogP contribution in [0.4, 0.5) is 4.79 Å². The summed E-state index contributed by atoms with van der Waals surface area (Å²) in [6, 6.07) is 10.2. The van der Waals surface area contributed by atoms with E-state index in [1.54, 1.807) is 18.4 Å². The zero-order chi connectivity index (χ0) is 15.4. The molecule has 0 spiro atoms. The Balaban J connectivity index is 1.59. The van der Waals surface area contributed by atoms with Gasteiger partial charge in [-0.1, -0.05) is 24.3 Å². The monoisotopic (exact) mass is 316 g/mol. The van der Waals surface area contributed by atoms with Gasteiger partial charge in [-0.15, -0.1) is 11.3 Å². The van der Waals surface area contributed by atoms with Gasteiger partial charge >= 0.3 is 6.03 Å². The first-order valence-electron chi connectivity index (χ1n) is 7.41. The van der Waals surface area contributed by atoms with E-state index < -0.39 is 0 Å². The molecule has 0 saturated heterocycles. The quantitative estimate of drug-likeness (QED) is 0.941. The smallest absolute Gasteiger partial charge is 0.317 e. The molecule has 2 heterocycles. The summed E-state index contributed by atoms with van der Waals surface area (Å²) < 4.78 is 5.20. The van der Waals surface area contributed by atoms with Crippen LogP contribution in [0.3, 0.4) is 0 Å². The van der Waals surface area contributed by atoms with Gasteiger partial charge in [-0.2, -0.15) is 0 Å². The number of thiophene rings is 1. The fourth-order valence-corrected chi connectivity index (χ4v) is 3.62. The lowest BCUT2D eigenvalue weighted by atomic mass is 10.1. The minimum Gasteiger partial charge on any atom is -0.380 e. The Kier molecular flexibility index (Phi) is 4.75. The number of hydrogen-bond acceptors (Lipinski definition) is 3. The number of urea groups is 1. The van der Waals surface area contributed by atoms with Crippen molar-refractivity contribution in [1.82, 2.24) is 10.2 Å². The number of carbonyl (C=O) groups is 1. The molecule has 22 heavy (non-hydrogen) atoms. The summed E-state index contributed by atoms with van der Waals surface area (Å²) in [6.07, 6.45) is 0.959. The molecule has 0 atom stereocenters. The first-order chi connectivity index (χ1) is 10.8. The third kappa shape index (κ3) is 3.31. The number of methoxy groups -OCH3 is 1. The number of hydrogen-bond donors (Lipinski definition) is 1. The van der Waals surface area contributed by atoms with Crippen LogP contribution in [0.1, 0.15) is 21.6 Å². The Hall–Kier alpha value is -1.85. The maximum atomic E-state index is 12.4. The molecule has 1 aliphatic rings. The Bertz CT molecular complexity index is 654. The topological polar surface area (TPSA) is 41.6 Å². The fraction of sp³-hybridized carbons (Fsp3) is 0.353. The number of fused-ring (bicyclic) bond motifs is 1. The summed E-state index contributed by atoms with van der Waals surface area (Å²) in [4.78, 5) is 15.7. The number of rotatable bonds is 4. The van der Waals surface area contributed by atoms with Crippen LogP contribution < -0.4 is 5.32 Å². The highest BCUT2D eigenvalue weighted by Gasteiger charge is 2.21. The van der Waals surface area contributed by atoms with Crippen molar-refractivity contribution in [3.05, 3.63) is 57.3 Å². The van der Waals surface area contributed by atoms with E-state index in [1.165, 1.54) is 10.4 Å². The zero-order valence-corrected chi connectivity index (χ0v) is 13.5. The lowest BCUT2D eigenvalue weighted by molar-refractivity contribution is 0.183. The molecule has 3 rings (SSSR count). The molecular weight excluding hydrogens is 296 g/mol. The van der Waals surface area contributed by atoms with Gasteiger partial charge in [-0.25, -0.2) is 4.79 Å². The lowest BCUT2D eigenvalue weighted by Crippen LogP contribution is -2.42. The number of carbonyl (C=O) groups excluding carboxylic acids is 1. The van der Waals surface area contributed by atoms with Gasteiger partial charge in [0.2, 0.25) is 0 Å². The van der Waals surface area contributed by atoms with Crippen molar-refractivity contribution >= 4 is 17.4 Å². The van der Waals surface area contributed by atoms with Crippen molar-refractivity contribution < 1.29 is 9.53 Å². The van der Waals surface area contributed by atoms with E-state index in [9.17, 15) is 4.79 Å². The van der Waals surface area contributed by atoms with E-state index in [0.717, 1.165) is 24.1 Å². The summed E-state index contributed by atoms with van der Waals surface area (Å²) in [7, 11) is 1.68. The minimum absolute atomic E-state index is 0.00377. The van der Waals surface area contributed by atoms with E-state index in [4.69, 9.17) is 4.74 Å². The summed E-state index contributed by atoms with van der Waals surface area (Å²) in [5.74, 6) is 0. The van der Waals surface area contributed by atoms with Crippen LogP contribution in [0.15, 0.2) is 35.7 Å². The lowest BCUT2D eigenvalue weighted by Gasteiger charge is -2.27. The average molecular weight is 316 g/mol. The van der Waals surface area contributed by atoms with Crippen LogP contribution in [-0.2, 0) is 30.9 Å². The number of ether oxygens (including phenoxy) is 1. The highest BCUT2D eigenvalue weighted by atomic mass is 32.1. The average Bonchev–Trinajstić information content (AvgIpc) is 3.01. The molecule has 0 unspecified atom stereocenters. The van der Waals surface area contributed by atoms with E-state index >= 15 is 0 Å². The Labute approximate surface area is 134 Å². The van der Waals surface area contributed by atoms with Gasteiger partial charge < -0.3 is 15.0 Å². The van der Waals surface area contributed by atoms with E-state index in [2.05, 4.69) is 16.8 Å². The van der Waals surface area contributed by atoms with Gasteiger partial charge in [0.15, 0.2) is 0 Å². The van der Waals surface area contributed by atoms with Crippen LogP contribution in [0.2, 0.25) is 0 Å². The van der Waals surface area contributed by atoms with Crippen molar-refractivity contribution in [3.63, 3.8) is 0 Å². The van der Waals surface area contributed by atoms with Gasteiger partial charge in [0.05, 0.1) is 6.61 Å². The van der Waals surface area contributed by atoms with Crippen molar-refractivity contribution in [2.45, 2.75) is 26.1 Å². The van der Waals surface area contributed by atoms with Gasteiger partial charge in [-0.05, 0) is 34.6 Å². The molecule has 0 radical (unpaired) electrons. The molecule has 1 aliphatic heterocycles. The van der Waals surface area contributed by atoms with Crippen molar-refractivity contribution in [3.8, 4) is 0 Å². The van der Waals surface area contributed by atoms with E-state index in [1.807, 2.05) is 29.2 Å². The molecule has 0 saturated carbocycles. The van der Waals surface area contributed by atoms with Crippen LogP contribution in [0.5, 0.6) is 0 Å². The van der Waals surface area contributed by atoms with Gasteiger partial charge in [0.1, 0.15) is 0 Å². The first kappa shape index (κ1) is 15.1. The molecule has 2 aromatic rings. The number of nitrogens with one attached hydrogen (secondary N) is 1. The van der Waals surface area contributed by atoms with Gasteiger partial charge in [-0.3, -0.25) is 0 Å². The SMILES string of the molecule is COCc1ccccc1CNC(=O)N1CCc2sccc2C1. The van der Waals surface area contributed by atoms with E-state index in [-0.39, 0.29) is 6.03 Å². The number of amides is 2. The third-order valence-corrected chi connectivity index (χ3v) is 4.97. The summed E-state index contributed by atoms with van der Waals surface area (Å²) in [5, 5.41) is 5.13. The largest absolute Gasteiger partial charge is 0.380 e. The molecule has 2 amide bonds. The third-order valence-electron chi connectivity index (χ3n) is 3.94. The van der Waals surface area contributed by atoms with Gasteiger partial charge in [0, 0.05) is 31.6 Å². The molecule has 0 bridgehead atoms. The predicted octanol–water partition coefficient (Wildman–Crippen LogP) is 3.16. The van der Waals surface area contributed by atoms with Crippen LogP contribution in [-0.4, -0.2) is 24.6 Å². The van der Waals surface area contributed by atoms with Crippen LogP contribution >= 0.6 is 11.3 Å². The van der Waals surface area contributed by atoms with Crippen molar-refractivity contribution in [2.75, 3.05) is 13.7 Å². The molecule has 5 heteroatoms.